The number of nitrogens with zero attached hydrogens (tertiary/aromatic N) is 2. The van der Waals surface area contributed by atoms with Crippen LogP contribution in [0.3, 0.4) is 0 Å². The summed E-state index contributed by atoms with van der Waals surface area (Å²) in [6.07, 6.45) is 3.85. The summed E-state index contributed by atoms with van der Waals surface area (Å²) in [5, 5.41) is 0. The Bertz CT molecular complexity index is 612. The number of hydrogen-bond acceptors (Lipinski definition) is 4. The molecule has 1 aliphatic heterocycles. The Balaban J connectivity index is 1.48. The summed E-state index contributed by atoms with van der Waals surface area (Å²) in [6.45, 7) is 6.87. The molecule has 2 unspecified atom stereocenters. The molecular weight excluding hydrogens is 320 g/mol. The molecule has 2 fully saturated rings. The third-order valence-corrected chi connectivity index (χ3v) is 5.03. The van der Waals surface area contributed by atoms with Gasteiger partial charge in [-0.25, -0.2) is 4.79 Å². The summed E-state index contributed by atoms with van der Waals surface area (Å²) in [5.41, 5.74) is -0.479. The molecule has 2 atom stereocenters. The molecule has 1 saturated carbocycles. The fourth-order valence-electron chi connectivity index (χ4n) is 3.49. The first-order valence-electron chi connectivity index (χ1n) is 9.04. The van der Waals surface area contributed by atoms with E-state index in [0.29, 0.717) is 13.1 Å². The molecule has 0 radical (unpaired) electrons. The maximum atomic E-state index is 12.7. The number of furan rings is 1. The normalized spacial score (nSPS) is 24.1. The van der Waals surface area contributed by atoms with Crippen molar-refractivity contribution in [3.8, 4) is 0 Å². The van der Waals surface area contributed by atoms with Gasteiger partial charge in [-0.3, -0.25) is 4.79 Å². The number of ether oxygens (including phenoxy) is 1. The van der Waals surface area contributed by atoms with Gasteiger partial charge in [0.25, 0.3) is 0 Å². The summed E-state index contributed by atoms with van der Waals surface area (Å²) in [6, 6.07) is 3.99. The zero-order valence-electron chi connectivity index (χ0n) is 15.5. The molecule has 0 bridgehead atoms. The summed E-state index contributed by atoms with van der Waals surface area (Å²) in [4.78, 5) is 28.4. The van der Waals surface area contributed by atoms with Crippen LogP contribution < -0.4 is 0 Å². The van der Waals surface area contributed by atoms with Crippen LogP contribution in [0.15, 0.2) is 22.8 Å². The summed E-state index contributed by atoms with van der Waals surface area (Å²) >= 11 is 0. The third kappa shape index (κ3) is 4.17. The van der Waals surface area contributed by atoms with Gasteiger partial charge in [-0.05, 0) is 52.2 Å². The number of likely N-dealkylation sites (tertiary alicyclic amines) is 1. The first kappa shape index (κ1) is 17.8. The van der Waals surface area contributed by atoms with Crippen molar-refractivity contribution < 1.29 is 18.7 Å². The summed E-state index contributed by atoms with van der Waals surface area (Å²) < 4.78 is 10.8. The van der Waals surface area contributed by atoms with E-state index in [-0.39, 0.29) is 29.9 Å². The number of rotatable bonds is 3. The second-order valence-corrected chi connectivity index (χ2v) is 8.11. The molecule has 2 heterocycles. The van der Waals surface area contributed by atoms with Gasteiger partial charge in [0, 0.05) is 38.0 Å². The smallest absolute Gasteiger partial charge is 0.410 e. The second-order valence-electron chi connectivity index (χ2n) is 8.11. The van der Waals surface area contributed by atoms with E-state index in [1.54, 1.807) is 11.2 Å². The number of carbonyl (C=O) groups excluding carboxylic acids is 2. The third-order valence-electron chi connectivity index (χ3n) is 5.03. The van der Waals surface area contributed by atoms with Gasteiger partial charge in [-0.1, -0.05) is 0 Å². The monoisotopic (exact) mass is 348 g/mol. The van der Waals surface area contributed by atoms with Crippen LogP contribution in [0.5, 0.6) is 0 Å². The van der Waals surface area contributed by atoms with Crippen LogP contribution in [0.1, 0.15) is 51.7 Å². The van der Waals surface area contributed by atoms with E-state index in [4.69, 9.17) is 9.15 Å². The van der Waals surface area contributed by atoms with E-state index in [0.717, 1.165) is 25.0 Å². The van der Waals surface area contributed by atoms with Crippen LogP contribution in [0.4, 0.5) is 4.79 Å². The molecule has 0 N–H and O–H groups in total. The maximum Gasteiger partial charge on any atom is 0.410 e. The zero-order valence-corrected chi connectivity index (χ0v) is 15.5. The highest BCUT2D eigenvalue weighted by Crippen LogP contribution is 2.48. The Kier molecular flexibility index (Phi) is 4.80. The van der Waals surface area contributed by atoms with E-state index in [2.05, 4.69) is 0 Å². The minimum absolute atomic E-state index is 0.0417. The molecular formula is C19H28N2O4. The first-order chi connectivity index (χ1) is 11.8. The lowest BCUT2D eigenvalue weighted by Gasteiger charge is -2.37. The Hall–Kier alpha value is -1.98. The van der Waals surface area contributed by atoms with E-state index in [9.17, 15) is 9.59 Å². The highest BCUT2D eigenvalue weighted by Gasteiger charge is 2.48. The van der Waals surface area contributed by atoms with Gasteiger partial charge >= 0.3 is 6.09 Å². The quantitative estimate of drug-likeness (QED) is 0.841. The van der Waals surface area contributed by atoms with Gasteiger partial charge in [-0.15, -0.1) is 0 Å². The van der Waals surface area contributed by atoms with Gasteiger partial charge in [0.05, 0.1) is 6.26 Å². The number of carbonyl (C=O) groups is 2. The molecule has 0 aromatic carbocycles. The molecule has 3 rings (SSSR count). The van der Waals surface area contributed by atoms with Crippen LogP contribution in [-0.2, 0) is 9.53 Å². The largest absolute Gasteiger partial charge is 0.469 e. The van der Waals surface area contributed by atoms with Crippen LogP contribution >= 0.6 is 0 Å². The van der Waals surface area contributed by atoms with E-state index in [1.165, 1.54) is 0 Å². The van der Waals surface area contributed by atoms with Gasteiger partial charge in [0.2, 0.25) is 5.91 Å². The van der Waals surface area contributed by atoms with E-state index < -0.39 is 5.60 Å². The molecule has 138 valence electrons. The number of piperidine rings is 1. The summed E-state index contributed by atoms with van der Waals surface area (Å²) in [5.74, 6) is 1.37. The first-order valence-corrected chi connectivity index (χ1v) is 9.04. The molecule has 1 saturated heterocycles. The van der Waals surface area contributed by atoms with Crippen LogP contribution in [0.2, 0.25) is 0 Å². The second kappa shape index (κ2) is 6.73. The molecule has 1 aliphatic carbocycles. The minimum Gasteiger partial charge on any atom is -0.469 e. The highest BCUT2D eigenvalue weighted by atomic mass is 16.6. The molecule has 6 heteroatoms. The van der Waals surface area contributed by atoms with Crippen molar-refractivity contribution in [2.45, 2.75) is 57.6 Å². The van der Waals surface area contributed by atoms with E-state index in [1.807, 2.05) is 44.9 Å². The Labute approximate surface area is 149 Å². The molecule has 1 aromatic heterocycles. The fraction of sp³-hybridized carbons (Fsp3) is 0.684. The SMILES string of the molecule is CN(C(=O)C1CC1c1ccco1)C1CCN(C(=O)OC(C)(C)C)CC1. The van der Waals surface area contributed by atoms with Crippen molar-refractivity contribution in [3.63, 3.8) is 0 Å². The molecule has 2 aliphatic rings. The Morgan fingerprint density at radius 2 is 1.96 bits per heavy atom. The Morgan fingerprint density at radius 3 is 2.52 bits per heavy atom. The average Bonchev–Trinajstić information content (AvgIpc) is 3.17. The molecule has 6 nitrogen and oxygen atoms in total. The van der Waals surface area contributed by atoms with Crippen molar-refractivity contribution in [1.29, 1.82) is 0 Å². The maximum absolute atomic E-state index is 12.7. The van der Waals surface area contributed by atoms with Gasteiger partial charge in [0.15, 0.2) is 0 Å². The standard InChI is InChI=1S/C19H28N2O4/c1-19(2,3)25-18(23)21-9-7-13(8-10-21)20(4)17(22)15-12-14(15)16-6-5-11-24-16/h5-6,11,13-15H,7-10,12H2,1-4H3. The van der Waals surface area contributed by atoms with Crippen LogP contribution in [0, 0.1) is 5.92 Å². The topological polar surface area (TPSA) is 63.0 Å². The molecule has 0 spiro atoms. The van der Waals surface area contributed by atoms with Crippen molar-refractivity contribution >= 4 is 12.0 Å². The van der Waals surface area contributed by atoms with Gasteiger partial charge < -0.3 is 19.0 Å². The predicted molar refractivity (Wildman–Crippen MR) is 93.2 cm³/mol. The minimum atomic E-state index is -0.479. The fourth-order valence-corrected chi connectivity index (χ4v) is 3.49. The number of hydrogen-bond donors (Lipinski definition) is 0. The lowest BCUT2D eigenvalue weighted by molar-refractivity contribution is -0.134. The lowest BCUT2D eigenvalue weighted by Crippen LogP contribution is -2.48. The van der Waals surface area contributed by atoms with Gasteiger partial charge in [-0.2, -0.15) is 0 Å². The molecule has 25 heavy (non-hydrogen) atoms. The predicted octanol–water partition coefficient (Wildman–Crippen LogP) is 3.24. The van der Waals surface area contributed by atoms with E-state index >= 15 is 0 Å². The van der Waals surface area contributed by atoms with Crippen LogP contribution in [0.25, 0.3) is 0 Å². The Morgan fingerprint density at radius 1 is 1.28 bits per heavy atom. The summed E-state index contributed by atoms with van der Waals surface area (Å²) in [7, 11) is 1.88. The lowest BCUT2D eigenvalue weighted by atomic mass is 10.0. The molecule has 1 aromatic rings. The average molecular weight is 348 g/mol. The zero-order chi connectivity index (χ0) is 18.2. The van der Waals surface area contributed by atoms with Crippen LogP contribution in [-0.4, -0.2) is 53.6 Å². The van der Waals surface area contributed by atoms with Gasteiger partial charge in [0.1, 0.15) is 11.4 Å². The van der Waals surface area contributed by atoms with Crippen molar-refractivity contribution in [2.75, 3.05) is 20.1 Å². The molecule has 2 amide bonds. The van der Waals surface area contributed by atoms with Crippen molar-refractivity contribution in [1.82, 2.24) is 9.80 Å². The van der Waals surface area contributed by atoms with Crippen molar-refractivity contribution in [3.05, 3.63) is 24.2 Å². The number of amides is 2. The van der Waals surface area contributed by atoms with Crippen molar-refractivity contribution in [2.24, 2.45) is 5.92 Å². The highest BCUT2D eigenvalue weighted by molar-refractivity contribution is 5.83.